The van der Waals surface area contributed by atoms with Crippen molar-refractivity contribution in [3.8, 4) is 0 Å². The number of allylic oxidation sites excluding steroid dienone is 8. The molecule has 0 spiro atoms. The maximum absolute atomic E-state index is 11.1. The van der Waals surface area contributed by atoms with Crippen LogP contribution in [-0.4, -0.2) is 12.6 Å². The first-order chi connectivity index (χ1) is 10.8. The van der Waals surface area contributed by atoms with Crippen LogP contribution in [0.25, 0.3) is 0 Å². The minimum absolute atomic E-state index is 0.0667. The zero-order valence-corrected chi connectivity index (χ0v) is 14.3. The Kier molecular flexibility index (Phi) is 16.2. The standard InChI is InChI=1S/C20H32O2/c1-3-5-6-7-8-9-10-11-12-13-14-15-16-17-19-22-20(21)18-4-2/h3,5,7-8,10-11,13-14H,4,6,9,12,15-19H2,1-2H3/b5-3-,8-7-,11-10-,14-13-. The molecule has 2 nitrogen and oxygen atoms in total. The molecule has 0 atom stereocenters. The number of unbranched alkanes of at least 4 members (excludes halogenated alkanes) is 2. The number of hydrogen-bond acceptors (Lipinski definition) is 2. The van der Waals surface area contributed by atoms with E-state index >= 15 is 0 Å². The largest absolute Gasteiger partial charge is 0.466 e. The molecule has 0 bridgehead atoms. The molecule has 0 aliphatic heterocycles. The molecule has 124 valence electrons. The molecular weight excluding hydrogens is 272 g/mol. The van der Waals surface area contributed by atoms with Crippen LogP contribution in [0.15, 0.2) is 48.6 Å². The van der Waals surface area contributed by atoms with Gasteiger partial charge in [-0.3, -0.25) is 4.79 Å². The Morgan fingerprint density at radius 3 is 2.05 bits per heavy atom. The first-order valence-electron chi connectivity index (χ1n) is 8.53. The van der Waals surface area contributed by atoms with E-state index in [4.69, 9.17) is 4.74 Å². The average molecular weight is 304 g/mol. The highest BCUT2D eigenvalue weighted by molar-refractivity contribution is 5.69. The molecule has 0 amide bonds. The van der Waals surface area contributed by atoms with Crippen molar-refractivity contribution in [1.82, 2.24) is 0 Å². The van der Waals surface area contributed by atoms with Gasteiger partial charge in [0.15, 0.2) is 0 Å². The number of carbonyl (C=O) groups is 1. The van der Waals surface area contributed by atoms with Crippen LogP contribution in [0, 0.1) is 0 Å². The highest BCUT2D eigenvalue weighted by Gasteiger charge is 1.98. The first kappa shape index (κ1) is 20.4. The molecule has 0 saturated heterocycles. The summed E-state index contributed by atoms with van der Waals surface area (Å²) >= 11 is 0. The summed E-state index contributed by atoms with van der Waals surface area (Å²) in [6.45, 7) is 4.59. The Labute approximate surface area is 136 Å². The van der Waals surface area contributed by atoms with Crippen molar-refractivity contribution in [3.63, 3.8) is 0 Å². The van der Waals surface area contributed by atoms with Crippen molar-refractivity contribution in [3.05, 3.63) is 48.6 Å². The summed E-state index contributed by atoms with van der Waals surface area (Å²) in [5, 5.41) is 0. The third-order valence-electron chi connectivity index (χ3n) is 3.03. The molecule has 0 fully saturated rings. The molecule has 0 radical (unpaired) electrons. The Morgan fingerprint density at radius 1 is 0.864 bits per heavy atom. The highest BCUT2D eigenvalue weighted by Crippen LogP contribution is 2.00. The van der Waals surface area contributed by atoms with Gasteiger partial charge in [-0.15, -0.1) is 0 Å². The summed E-state index contributed by atoms with van der Waals surface area (Å²) in [5.74, 6) is -0.0667. The molecule has 0 aliphatic rings. The van der Waals surface area contributed by atoms with Crippen LogP contribution in [0.5, 0.6) is 0 Å². The van der Waals surface area contributed by atoms with Crippen molar-refractivity contribution >= 4 is 5.97 Å². The summed E-state index contributed by atoms with van der Waals surface area (Å²) in [7, 11) is 0. The summed E-state index contributed by atoms with van der Waals surface area (Å²) in [4.78, 5) is 11.1. The predicted octanol–water partition coefficient (Wildman–Crippen LogP) is 5.92. The van der Waals surface area contributed by atoms with Gasteiger partial charge in [-0.1, -0.05) is 55.5 Å². The van der Waals surface area contributed by atoms with Gasteiger partial charge in [-0.2, -0.15) is 0 Å². The van der Waals surface area contributed by atoms with Crippen LogP contribution in [-0.2, 0) is 9.53 Å². The SMILES string of the molecule is C/C=C\C/C=C\C/C=C\C/C=C\CCCCOC(=O)CCC. The molecule has 0 aliphatic carbocycles. The fourth-order valence-electron chi connectivity index (χ4n) is 1.80. The maximum atomic E-state index is 11.1. The van der Waals surface area contributed by atoms with E-state index in [0.717, 1.165) is 44.9 Å². The summed E-state index contributed by atoms with van der Waals surface area (Å²) in [6, 6.07) is 0. The number of rotatable bonds is 13. The second-order valence-corrected chi connectivity index (χ2v) is 5.16. The van der Waals surface area contributed by atoms with Crippen LogP contribution >= 0.6 is 0 Å². The molecule has 0 heterocycles. The number of esters is 1. The van der Waals surface area contributed by atoms with E-state index in [9.17, 15) is 4.79 Å². The molecule has 0 unspecified atom stereocenters. The van der Waals surface area contributed by atoms with E-state index in [2.05, 4.69) is 48.6 Å². The van der Waals surface area contributed by atoms with Crippen molar-refractivity contribution in [1.29, 1.82) is 0 Å². The number of ether oxygens (including phenoxy) is 1. The van der Waals surface area contributed by atoms with Gasteiger partial charge < -0.3 is 4.74 Å². The van der Waals surface area contributed by atoms with Gasteiger partial charge >= 0.3 is 5.97 Å². The smallest absolute Gasteiger partial charge is 0.305 e. The Bertz CT molecular complexity index is 362. The van der Waals surface area contributed by atoms with Crippen LogP contribution in [0.4, 0.5) is 0 Å². The summed E-state index contributed by atoms with van der Waals surface area (Å²) in [6.07, 6.45) is 24.9. The molecular formula is C20H32O2. The zero-order chi connectivity index (χ0) is 16.3. The van der Waals surface area contributed by atoms with E-state index in [1.165, 1.54) is 0 Å². The third kappa shape index (κ3) is 16.5. The molecule has 0 aromatic carbocycles. The van der Waals surface area contributed by atoms with E-state index < -0.39 is 0 Å². The van der Waals surface area contributed by atoms with Crippen LogP contribution < -0.4 is 0 Å². The Balaban J connectivity index is 3.37. The second kappa shape index (κ2) is 17.5. The van der Waals surface area contributed by atoms with Gasteiger partial charge in [-0.05, 0) is 51.9 Å². The van der Waals surface area contributed by atoms with Crippen molar-refractivity contribution in [2.75, 3.05) is 6.61 Å². The monoisotopic (exact) mass is 304 g/mol. The Hall–Kier alpha value is -1.57. The number of carbonyl (C=O) groups excluding carboxylic acids is 1. The van der Waals surface area contributed by atoms with Gasteiger partial charge in [0, 0.05) is 6.42 Å². The summed E-state index contributed by atoms with van der Waals surface area (Å²) < 4.78 is 5.10. The second-order valence-electron chi connectivity index (χ2n) is 5.16. The fraction of sp³-hybridized carbons (Fsp3) is 0.550. The number of hydrogen-bond donors (Lipinski definition) is 0. The van der Waals surface area contributed by atoms with Crippen molar-refractivity contribution in [2.45, 2.75) is 65.2 Å². The van der Waals surface area contributed by atoms with Crippen LogP contribution in [0.3, 0.4) is 0 Å². The maximum Gasteiger partial charge on any atom is 0.305 e. The van der Waals surface area contributed by atoms with E-state index in [1.54, 1.807) is 0 Å². The lowest BCUT2D eigenvalue weighted by atomic mass is 10.2. The molecule has 0 aromatic heterocycles. The lowest BCUT2D eigenvalue weighted by Gasteiger charge is -2.02. The average Bonchev–Trinajstić information content (AvgIpc) is 2.51. The van der Waals surface area contributed by atoms with Gasteiger partial charge in [-0.25, -0.2) is 0 Å². The lowest BCUT2D eigenvalue weighted by Crippen LogP contribution is -2.04. The van der Waals surface area contributed by atoms with E-state index in [0.29, 0.717) is 13.0 Å². The van der Waals surface area contributed by atoms with Crippen molar-refractivity contribution in [2.24, 2.45) is 0 Å². The minimum Gasteiger partial charge on any atom is -0.466 e. The van der Waals surface area contributed by atoms with Crippen molar-refractivity contribution < 1.29 is 9.53 Å². The molecule has 0 N–H and O–H groups in total. The molecule has 0 aromatic rings. The molecule has 0 saturated carbocycles. The normalized spacial score (nSPS) is 12.3. The predicted molar refractivity (Wildman–Crippen MR) is 95.8 cm³/mol. The molecule has 22 heavy (non-hydrogen) atoms. The highest BCUT2D eigenvalue weighted by atomic mass is 16.5. The molecule has 2 heteroatoms. The van der Waals surface area contributed by atoms with Gasteiger partial charge in [0.05, 0.1) is 6.61 Å². The van der Waals surface area contributed by atoms with Gasteiger partial charge in [0.2, 0.25) is 0 Å². The quantitative estimate of drug-likeness (QED) is 0.240. The van der Waals surface area contributed by atoms with Crippen LogP contribution in [0.1, 0.15) is 65.2 Å². The van der Waals surface area contributed by atoms with Crippen LogP contribution in [0.2, 0.25) is 0 Å². The van der Waals surface area contributed by atoms with Gasteiger partial charge in [0.25, 0.3) is 0 Å². The fourth-order valence-corrected chi connectivity index (χ4v) is 1.80. The Morgan fingerprint density at radius 2 is 1.45 bits per heavy atom. The zero-order valence-electron chi connectivity index (χ0n) is 14.3. The molecule has 0 rings (SSSR count). The van der Waals surface area contributed by atoms with Gasteiger partial charge in [0.1, 0.15) is 0 Å². The third-order valence-corrected chi connectivity index (χ3v) is 3.03. The van der Waals surface area contributed by atoms with E-state index in [-0.39, 0.29) is 5.97 Å². The van der Waals surface area contributed by atoms with E-state index in [1.807, 2.05) is 13.8 Å². The topological polar surface area (TPSA) is 26.3 Å². The summed E-state index contributed by atoms with van der Waals surface area (Å²) in [5.41, 5.74) is 0. The first-order valence-corrected chi connectivity index (χ1v) is 8.53. The minimum atomic E-state index is -0.0667. The lowest BCUT2D eigenvalue weighted by molar-refractivity contribution is -0.143.